The second-order valence-corrected chi connectivity index (χ2v) is 3.94. The predicted molar refractivity (Wildman–Crippen MR) is 57.0 cm³/mol. The molecule has 1 aliphatic carbocycles. The number of nitrogens with zero attached hydrogens (tertiary/aromatic N) is 1. The molecule has 0 unspecified atom stereocenters. The van der Waals surface area contributed by atoms with Crippen LogP contribution in [-0.2, 0) is 4.79 Å². The van der Waals surface area contributed by atoms with E-state index in [1.807, 2.05) is 12.1 Å². The lowest BCUT2D eigenvalue weighted by Crippen LogP contribution is -2.13. The van der Waals surface area contributed by atoms with Gasteiger partial charge in [-0.05, 0) is 25.0 Å². The first-order chi connectivity index (χ1) is 7.29. The van der Waals surface area contributed by atoms with Crippen LogP contribution in [0.25, 0.3) is 0 Å². The number of hydrogen-bond acceptors (Lipinski definition) is 3. The molecular weight excluding hydrogens is 190 g/mol. The molecule has 0 amide bonds. The van der Waals surface area contributed by atoms with Crippen molar-refractivity contribution in [1.82, 2.24) is 4.98 Å². The number of aromatic nitrogens is 1. The van der Waals surface area contributed by atoms with Crippen LogP contribution in [0.4, 0.5) is 0 Å². The smallest absolute Gasteiger partial charge is 0.137 e. The monoisotopic (exact) mass is 205 g/mol. The van der Waals surface area contributed by atoms with Crippen molar-refractivity contribution in [3.63, 3.8) is 0 Å². The minimum atomic E-state index is 0.389. The van der Waals surface area contributed by atoms with Gasteiger partial charge >= 0.3 is 0 Å². The lowest BCUT2D eigenvalue weighted by atomic mass is 9.86. The van der Waals surface area contributed by atoms with Crippen molar-refractivity contribution >= 4 is 5.78 Å². The van der Waals surface area contributed by atoms with Crippen molar-refractivity contribution in [2.24, 2.45) is 0 Å². The number of carbonyl (C=O) groups excluding carboxylic acids is 1. The topological polar surface area (TPSA) is 39.2 Å². The van der Waals surface area contributed by atoms with E-state index < -0.39 is 0 Å². The van der Waals surface area contributed by atoms with Gasteiger partial charge in [0.15, 0.2) is 0 Å². The molecule has 3 nitrogen and oxygen atoms in total. The van der Waals surface area contributed by atoms with Crippen LogP contribution in [0.1, 0.15) is 37.3 Å². The Bertz CT molecular complexity index is 335. The molecule has 1 aromatic rings. The minimum absolute atomic E-state index is 0.389. The second kappa shape index (κ2) is 4.43. The van der Waals surface area contributed by atoms with Crippen LogP contribution in [0.3, 0.4) is 0 Å². The molecule has 1 aliphatic rings. The van der Waals surface area contributed by atoms with Crippen LogP contribution in [0.5, 0.6) is 5.75 Å². The molecule has 3 heteroatoms. The highest BCUT2D eigenvalue weighted by Gasteiger charge is 2.20. The summed E-state index contributed by atoms with van der Waals surface area (Å²) >= 11 is 0. The summed E-state index contributed by atoms with van der Waals surface area (Å²) in [7, 11) is 1.63. The molecular formula is C12H15NO2. The van der Waals surface area contributed by atoms with E-state index in [2.05, 4.69) is 4.98 Å². The van der Waals surface area contributed by atoms with Crippen LogP contribution in [0.2, 0.25) is 0 Å². The Morgan fingerprint density at radius 1 is 1.33 bits per heavy atom. The van der Waals surface area contributed by atoms with E-state index in [1.54, 1.807) is 13.3 Å². The average Bonchev–Trinajstić information content (AvgIpc) is 2.30. The summed E-state index contributed by atoms with van der Waals surface area (Å²) in [4.78, 5) is 15.5. The first-order valence-corrected chi connectivity index (χ1v) is 5.31. The van der Waals surface area contributed by atoms with E-state index in [9.17, 15) is 4.79 Å². The molecule has 0 atom stereocenters. The number of pyridine rings is 1. The summed E-state index contributed by atoms with van der Waals surface area (Å²) in [6, 6.07) is 3.93. The number of Topliss-reactive ketones (excluding diaryl/α,β-unsaturated/α-hetero) is 1. The Morgan fingerprint density at radius 2 is 2.07 bits per heavy atom. The lowest BCUT2D eigenvalue weighted by Gasteiger charge is -2.20. The molecule has 1 fully saturated rings. The second-order valence-electron chi connectivity index (χ2n) is 3.94. The fourth-order valence-electron chi connectivity index (χ4n) is 1.99. The molecule has 2 rings (SSSR count). The highest BCUT2D eigenvalue weighted by molar-refractivity contribution is 5.79. The van der Waals surface area contributed by atoms with Crippen molar-refractivity contribution in [2.45, 2.75) is 31.6 Å². The van der Waals surface area contributed by atoms with Gasteiger partial charge in [0.1, 0.15) is 11.5 Å². The quantitative estimate of drug-likeness (QED) is 0.743. The number of hydrogen-bond donors (Lipinski definition) is 0. The van der Waals surface area contributed by atoms with E-state index >= 15 is 0 Å². The maximum Gasteiger partial charge on any atom is 0.137 e. The van der Waals surface area contributed by atoms with Gasteiger partial charge in [0, 0.05) is 24.5 Å². The maximum atomic E-state index is 11.1. The van der Waals surface area contributed by atoms with Crippen molar-refractivity contribution < 1.29 is 9.53 Å². The minimum Gasteiger partial charge on any atom is -0.495 e. The van der Waals surface area contributed by atoms with Crippen LogP contribution in [0.15, 0.2) is 18.3 Å². The van der Waals surface area contributed by atoms with E-state index in [-0.39, 0.29) is 0 Å². The molecule has 0 N–H and O–H groups in total. The number of ketones is 1. The van der Waals surface area contributed by atoms with Gasteiger partial charge < -0.3 is 4.74 Å². The van der Waals surface area contributed by atoms with Gasteiger partial charge in [0.2, 0.25) is 0 Å². The molecule has 0 spiro atoms. The molecule has 15 heavy (non-hydrogen) atoms. The molecule has 0 aliphatic heterocycles. The van der Waals surface area contributed by atoms with Crippen molar-refractivity contribution in [3.8, 4) is 5.75 Å². The van der Waals surface area contributed by atoms with E-state index in [0.717, 1.165) is 24.3 Å². The van der Waals surface area contributed by atoms with Crippen LogP contribution >= 0.6 is 0 Å². The third kappa shape index (κ3) is 2.35. The fraction of sp³-hybridized carbons (Fsp3) is 0.500. The fourth-order valence-corrected chi connectivity index (χ4v) is 1.99. The van der Waals surface area contributed by atoms with Gasteiger partial charge in [-0.15, -0.1) is 0 Å². The highest BCUT2D eigenvalue weighted by atomic mass is 16.5. The van der Waals surface area contributed by atoms with Gasteiger partial charge in [-0.3, -0.25) is 9.78 Å². The Morgan fingerprint density at radius 3 is 2.60 bits per heavy atom. The third-order valence-corrected chi connectivity index (χ3v) is 2.96. The molecule has 0 saturated heterocycles. The Balaban J connectivity index is 2.06. The largest absolute Gasteiger partial charge is 0.495 e. The van der Waals surface area contributed by atoms with E-state index in [4.69, 9.17) is 4.74 Å². The third-order valence-electron chi connectivity index (χ3n) is 2.96. The summed E-state index contributed by atoms with van der Waals surface area (Å²) in [5, 5.41) is 0. The average molecular weight is 205 g/mol. The zero-order valence-corrected chi connectivity index (χ0v) is 8.90. The van der Waals surface area contributed by atoms with Gasteiger partial charge in [-0.25, -0.2) is 0 Å². The highest BCUT2D eigenvalue weighted by Crippen LogP contribution is 2.30. The number of rotatable bonds is 2. The van der Waals surface area contributed by atoms with Crippen LogP contribution in [0, 0.1) is 0 Å². The summed E-state index contributed by atoms with van der Waals surface area (Å²) in [5.74, 6) is 1.62. The molecule has 1 heterocycles. The normalized spacial score (nSPS) is 17.8. The van der Waals surface area contributed by atoms with E-state index in [1.165, 1.54) is 0 Å². The number of methoxy groups -OCH3 is 1. The molecule has 1 aromatic heterocycles. The van der Waals surface area contributed by atoms with Gasteiger partial charge in [0.25, 0.3) is 0 Å². The summed E-state index contributed by atoms with van der Waals surface area (Å²) in [6.07, 6.45) is 5.04. The van der Waals surface area contributed by atoms with Crippen molar-refractivity contribution in [2.75, 3.05) is 7.11 Å². The van der Waals surface area contributed by atoms with E-state index in [0.29, 0.717) is 24.5 Å². The van der Waals surface area contributed by atoms with Crippen molar-refractivity contribution in [3.05, 3.63) is 24.0 Å². The number of carbonyl (C=O) groups is 1. The zero-order valence-electron chi connectivity index (χ0n) is 8.90. The van der Waals surface area contributed by atoms with Gasteiger partial charge in [0.05, 0.1) is 13.3 Å². The molecule has 0 aromatic carbocycles. The predicted octanol–water partition coefficient (Wildman–Crippen LogP) is 2.32. The lowest BCUT2D eigenvalue weighted by molar-refractivity contribution is -0.120. The SMILES string of the molecule is COc1ccc(C2CCC(=O)CC2)nc1. The summed E-state index contributed by atoms with van der Waals surface area (Å²) in [5.41, 5.74) is 1.09. The van der Waals surface area contributed by atoms with Crippen LogP contribution < -0.4 is 4.74 Å². The molecule has 1 saturated carbocycles. The maximum absolute atomic E-state index is 11.1. The molecule has 0 bridgehead atoms. The summed E-state index contributed by atoms with van der Waals surface area (Å²) < 4.78 is 5.06. The first kappa shape index (κ1) is 10.1. The summed E-state index contributed by atoms with van der Waals surface area (Å²) in [6.45, 7) is 0. The Labute approximate surface area is 89.5 Å². The number of ether oxygens (including phenoxy) is 1. The Hall–Kier alpha value is -1.38. The van der Waals surface area contributed by atoms with Gasteiger partial charge in [-0.2, -0.15) is 0 Å². The molecule has 80 valence electrons. The standard InChI is InChI=1S/C12H15NO2/c1-15-11-6-7-12(13-8-11)9-2-4-10(14)5-3-9/h6-9H,2-5H2,1H3. The van der Waals surface area contributed by atoms with Crippen molar-refractivity contribution in [1.29, 1.82) is 0 Å². The zero-order chi connectivity index (χ0) is 10.7. The van der Waals surface area contributed by atoms with Crippen LogP contribution in [-0.4, -0.2) is 17.9 Å². The Kier molecular flexibility index (Phi) is 2.99. The first-order valence-electron chi connectivity index (χ1n) is 5.31. The molecule has 0 radical (unpaired) electrons. The van der Waals surface area contributed by atoms with Gasteiger partial charge in [-0.1, -0.05) is 0 Å².